The summed E-state index contributed by atoms with van der Waals surface area (Å²) < 4.78 is 5.01. The normalized spacial score (nSPS) is 12.2. The van der Waals surface area contributed by atoms with E-state index < -0.39 is 0 Å². The molecule has 0 spiro atoms. The van der Waals surface area contributed by atoms with Crippen LogP contribution in [0.4, 0.5) is 0 Å². The minimum atomic E-state index is -0.149. The van der Waals surface area contributed by atoms with E-state index in [-0.39, 0.29) is 11.9 Å². The monoisotopic (exact) mass is 258 g/mol. The van der Waals surface area contributed by atoms with Gasteiger partial charge in [0.1, 0.15) is 11.3 Å². The lowest BCUT2D eigenvalue weighted by atomic mass is 10.1. The van der Waals surface area contributed by atoms with E-state index in [4.69, 9.17) is 4.52 Å². The standard InChI is InChI=1S/C15H18N2O2/c1-9-5-7-13(8-6-9)10(2)16-15(18)14-11(3)17-19-12(14)4/h5-8,10H,1-4H3,(H,16,18)/t10-/m0/s1. The third-order valence-electron chi connectivity index (χ3n) is 3.19. The molecule has 0 saturated carbocycles. The quantitative estimate of drug-likeness (QED) is 0.920. The average Bonchev–Trinajstić information content (AvgIpc) is 2.69. The van der Waals surface area contributed by atoms with Crippen LogP contribution >= 0.6 is 0 Å². The smallest absolute Gasteiger partial charge is 0.257 e. The average molecular weight is 258 g/mol. The van der Waals surface area contributed by atoms with Gasteiger partial charge in [-0.25, -0.2) is 0 Å². The molecule has 1 heterocycles. The summed E-state index contributed by atoms with van der Waals surface area (Å²) >= 11 is 0. The summed E-state index contributed by atoms with van der Waals surface area (Å²) in [4.78, 5) is 12.2. The number of benzene rings is 1. The molecule has 1 amide bonds. The van der Waals surface area contributed by atoms with E-state index in [2.05, 4.69) is 10.5 Å². The zero-order valence-electron chi connectivity index (χ0n) is 11.7. The maximum absolute atomic E-state index is 12.2. The molecule has 0 radical (unpaired) electrons. The Morgan fingerprint density at radius 2 is 1.84 bits per heavy atom. The number of nitrogens with one attached hydrogen (secondary N) is 1. The van der Waals surface area contributed by atoms with Gasteiger partial charge in [0.05, 0.1) is 11.7 Å². The van der Waals surface area contributed by atoms with Crippen LogP contribution in [-0.4, -0.2) is 11.1 Å². The van der Waals surface area contributed by atoms with Gasteiger partial charge in [-0.15, -0.1) is 0 Å². The van der Waals surface area contributed by atoms with Gasteiger partial charge in [0, 0.05) is 0 Å². The summed E-state index contributed by atoms with van der Waals surface area (Å²) in [5.41, 5.74) is 3.42. The van der Waals surface area contributed by atoms with Crippen LogP contribution in [0.15, 0.2) is 28.8 Å². The first-order valence-electron chi connectivity index (χ1n) is 6.29. The van der Waals surface area contributed by atoms with Gasteiger partial charge in [-0.1, -0.05) is 35.0 Å². The van der Waals surface area contributed by atoms with Crippen LogP contribution in [0.2, 0.25) is 0 Å². The van der Waals surface area contributed by atoms with Crippen LogP contribution in [0.25, 0.3) is 0 Å². The second-order valence-electron chi connectivity index (χ2n) is 4.81. The number of carbonyl (C=O) groups is 1. The van der Waals surface area contributed by atoms with Crippen molar-refractivity contribution in [3.8, 4) is 0 Å². The van der Waals surface area contributed by atoms with E-state index >= 15 is 0 Å². The fourth-order valence-electron chi connectivity index (χ4n) is 2.01. The molecule has 0 aliphatic carbocycles. The largest absolute Gasteiger partial charge is 0.361 e. The summed E-state index contributed by atoms with van der Waals surface area (Å²) in [7, 11) is 0. The van der Waals surface area contributed by atoms with Gasteiger partial charge in [0.15, 0.2) is 0 Å². The molecule has 19 heavy (non-hydrogen) atoms. The molecule has 0 aliphatic heterocycles. The molecular formula is C15H18N2O2. The first-order chi connectivity index (χ1) is 8.99. The number of hydrogen-bond acceptors (Lipinski definition) is 3. The summed E-state index contributed by atoms with van der Waals surface area (Å²) in [6, 6.07) is 8.06. The van der Waals surface area contributed by atoms with Gasteiger partial charge in [0.25, 0.3) is 5.91 Å². The number of hydrogen-bond donors (Lipinski definition) is 1. The van der Waals surface area contributed by atoms with E-state index in [1.807, 2.05) is 38.1 Å². The Balaban J connectivity index is 2.13. The molecule has 4 nitrogen and oxygen atoms in total. The Hall–Kier alpha value is -2.10. The SMILES string of the molecule is Cc1ccc([C@H](C)NC(=O)c2c(C)noc2C)cc1. The predicted octanol–water partition coefficient (Wildman–Crippen LogP) is 3.09. The van der Waals surface area contributed by atoms with E-state index in [1.165, 1.54) is 5.56 Å². The Morgan fingerprint density at radius 3 is 2.37 bits per heavy atom. The van der Waals surface area contributed by atoms with Crippen molar-refractivity contribution in [1.82, 2.24) is 10.5 Å². The summed E-state index contributed by atoms with van der Waals surface area (Å²) in [5, 5.41) is 6.75. The van der Waals surface area contributed by atoms with E-state index in [9.17, 15) is 4.79 Å². The highest BCUT2D eigenvalue weighted by Gasteiger charge is 2.19. The lowest BCUT2D eigenvalue weighted by molar-refractivity contribution is 0.0938. The predicted molar refractivity (Wildman–Crippen MR) is 73.0 cm³/mol. The molecule has 0 saturated heterocycles. The number of rotatable bonds is 3. The van der Waals surface area contributed by atoms with Crippen LogP contribution in [0.1, 0.15) is 45.9 Å². The maximum Gasteiger partial charge on any atom is 0.257 e. The van der Waals surface area contributed by atoms with Crippen molar-refractivity contribution in [2.45, 2.75) is 33.7 Å². The first kappa shape index (κ1) is 13.3. The molecule has 2 aromatic rings. The molecule has 0 unspecified atom stereocenters. The highest BCUT2D eigenvalue weighted by molar-refractivity contribution is 5.96. The van der Waals surface area contributed by atoms with Crippen LogP contribution in [0.5, 0.6) is 0 Å². The third-order valence-corrected chi connectivity index (χ3v) is 3.19. The number of aryl methyl sites for hydroxylation is 3. The van der Waals surface area contributed by atoms with Crippen molar-refractivity contribution in [2.75, 3.05) is 0 Å². The molecular weight excluding hydrogens is 240 g/mol. The highest BCUT2D eigenvalue weighted by Crippen LogP contribution is 2.16. The Bertz CT molecular complexity index is 565. The molecule has 1 aromatic carbocycles. The number of aromatic nitrogens is 1. The molecule has 100 valence electrons. The van der Waals surface area contributed by atoms with Crippen molar-refractivity contribution in [1.29, 1.82) is 0 Å². The van der Waals surface area contributed by atoms with Crippen LogP contribution < -0.4 is 5.32 Å². The fourth-order valence-corrected chi connectivity index (χ4v) is 2.01. The van der Waals surface area contributed by atoms with E-state index in [0.717, 1.165) is 5.56 Å². The molecule has 1 N–H and O–H groups in total. The Morgan fingerprint density at radius 1 is 1.21 bits per heavy atom. The molecule has 0 aliphatic rings. The fraction of sp³-hybridized carbons (Fsp3) is 0.333. The van der Waals surface area contributed by atoms with Gasteiger partial charge >= 0.3 is 0 Å². The molecule has 4 heteroatoms. The van der Waals surface area contributed by atoms with Crippen molar-refractivity contribution >= 4 is 5.91 Å². The molecule has 2 rings (SSSR count). The van der Waals surface area contributed by atoms with Crippen molar-refractivity contribution in [3.05, 3.63) is 52.4 Å². The van der Waals surface area contributed by atoms with Gasteiger partial charge in [-0.05, 0) is 33.3 Å². The van der Waals surface area contributed by atoms with Gasteiger partial charge in [0.2, 0.25) is 0 Å². The summed E-state index contributed by atoms with van der Waals surface area (Å²) in [6.07, 6.45) is 0. The lowest BCUT2D eigenvalue weighted by Gasteiger charge is -2.14. The second-order valence-corrected chi connectivity index (χ2v) is 4.81. The van der Waals surface area contributed by atoms with Crippen molar-refractivity contribution in [2.24, 2.45) is 0 Å². The molecule has 0 bridgehead atoms. The van der Waals surface area contributed by atoms with Crippen LogP contribution in [0, 0.1) is 20.8 Å². The van der Waals surface area contributed by atoms with Crippen LogP contribution in [-0.2, 0) is 0 Å². The zero-order chi connectivity index (χ0) is 14.0. The third kappa shape index (κ3) is 2.84. The van der Waals surface area contributed by atoms with Crippen molar-refractivity contribution in [3.63, 3.8) is 0 Å². The number of nitrogens with zero attached hydrogens (tertiary/aromatic N) is 1. The zero-order valence-corrected chi connectivity index (χ0v) is 11.7. The van der Waals surface area contributed by atoms with Crippen LogP contribution in [0.3, 0.4) is 0 Å². The maximum atomic E-state index is 12.2. The van der Waals surface area contributed by atoms with E-state index in [1.54, 1.807) is 13.8 Å². The summed E-state index contributed by atoms with van der Waals surface area (Å²) in [5.74, 6) is 0.399. The topological polar surface area (TPSA) is 55.1 Å². The van der Waals surface area contributed by atoms with Gasteiger partial charge in [-0.2, -0.15) is 0 Å². The number of carbonyl (C=O) groups excluding carboxylic acids is 1. The second kappa shape index (κ2) is 5.26. The lowest BCUT2D eigenvalue weighted by Crippen LogP contribution is -2.27. The minimum Gasteiger partial charge on any atom is -0.361 e. The molecule has 1 aromatic heterocycles. The van der Waals surface area contributed by atoms with E-state index in [0.29, 0.717) is 17.0 Å². The molecule has 1 atom stereocenters. The summed E-state index contributed by atoms with van der Waals surface area (Å²) in [6.45, 7) is 7.51. The Labute approximate surface area is 112 Å². The highest BCUT2D eigenvalue weighted by atomic mass is 16.5. The number of amides is 1. The minimum absolute atomic E-state index is 0.0539. The Kier molecular flexibility index (Phi) is 3.69. The molecule has 0 fully saturated rings. The van der Waals surface area contributed by atoms with Gasteiger partial charge < -0.3 is 9.84 Å². The van der Waals surface area contributed by atoms with Gasteiger partial charge in [-0.3, -0.25) is 4.79 Å². The van der Waals surface area contributed by atoms with Crippen molar-refractivity contribution < 1.29 is 9.32 Å². The first-order valence-corrected chi connectivity index (χ1v) is 6.29.